The van der Waals surface area contributed by atoms with Gasteiger partial charge in [-0.25, -0.2) is 0 Å². The number of rotatable bonds is 10. The van der Waals surface area contributed by atoms with Crippen molar-refractivity contribution in [1.82, 2.24) is 10.2 Å². The van der Waals surface area contributed by atoms with Crippen molar-refractivity contribution in [1.29, 1.82) is 0 Å². The van der Waals surface area contributed by atoms with Crippen LogP contribution in [0, 0.1) is 0 Å². The predicted molar refractivity (Wildman–Crippen MR) is 84.9 cm³/mol. The van der Waals surface area contributed by atoms with Crippen LogP contribution < -0.4 is 5.32 Å². The maximum absolute atomic E-state index is 12.2. The highest BCUT2D eigenvalue weighted by atomic mass is 16.5. The summed E-state index contributed by atoms with van der Waals surface area (Å²) in [5.41, 5.74) is -0.607. The average molecular weight is 286 g/mol. The van der Waals surface area contributed by atoms with Crippen LogP contribution in [0.4, 0.5) is 0 Å². The fourth-order valence-corrected chi connectivity index (χ4v) is 2.66. The van der Waals surface area contributed by atoms with Gasteiger partial charge >= 0.3 is 5.97 Å². The minimum atomic E-state index is -0.607. The van der Waals surface area contributed by atoms with Crippen molar-refractivity contribution < 1.29 is 9.53 Å². The molecule has 4 nitrogen and oxygen atoms in total. The highest BCUT2D eigenvalue weighted by molar-refractivity contribution is 5.80. The number of ether oxygens (including phenoxy) is 1. The van der Waals surface area contributed by atoms with E-state index in [4.69, 9.17) is 4.74 Å². The molecule has 0 fully saturated rings. The van der Waals surface area contributed by atoms with Crippen LogP contribution >= 0.6 is 0 Å². The van der Waals surface area contributed by atoms with E-state index in [1.165, 1.54) is 0 Å². The molecule has 0 aliphatic rings. The third-order valence-corrected chi connectivity index (χ3v) is 3.86. The second-order valence-corrected chi connectivity index (χ2v) is 6.05. The average Bonchev–Trinajstić information content (AvgIpc) is 2.37. The largest absolute Gasteiger partial charge is 0.465 e. The zero-order valence-electron chi connectivity index (χ0n) is 14.5. The summed E-state index contributed by atoms with van der Waals surface area (Å²) in [5.74, 6) is -0.147. The maximum atomic E-state index is 12.2. The van der Waals surface area contributed by atoms with Crippen LogP contribution in [0.25, 0.3) is 0 Å². The van der Waals surface area contributed by atoms with Crippen molar-refractivity contribution in [3.8, 4) is 0 Å². The first-order chi connectivity index (χ1) is 9.30. The Kier molecular flexibility index (Phi) is 9.06. The highest BCUT2D eigenvalue weighted by Gasteiger charge is 2.35. The van der Waals surface area contributed by atoms with E-state index in [9.17, 15) is 4.79 Å². The van der Waals surface area contributed by atoms with Crippen LogP contribution in [-0.4, -0.2) is 48.7 Å². The predicted octanol–water partition coefficient (Wildman–Crippen LogP) is 2.82. The Labute approximate surface area is 125 Å². The lowest BCUT2D eigenvalue weighted by molar-refractivity contribution is -0.151. The molecule has 0 aromatic rings. The summed E-state index contributed by atoms with van der Waals surface area (Å²) in [6.45, 7) is 13.7. The normalized spacial score (nSPS) is 14.9. The Balaban J connectivity index is 4.69. The van der Waals surface area contributed by atoms with Gasteiger partial charge in [-0.1, -0.05) is 13.8 Å². The van der Waals surface area contributed by atoms with Crippen LogP contribution in [0.5, 0.6) is 0 Å². The second kappa shape index (κ2) is 9.35. The van der Waals surface area contributed by atoms with Crippen LogP contribution in [-0.2, 0) is 9.53 Å². The van der Waals surface area contributed by atoms with Gasteiger partial charge in [-0.3, -0.25) is 10.1 Å². The number of nitrogens with one attached hydrogen (secondary N) is 1. The molecule has 0 heterocycles. The molecule has 120 valence electrons. The quantitative estimate of drug-likeness (QED) is 0.627. The van der Waals surface area contributed by atoms with Gasteiger partial charge in [0.15, 0.2) is 0 Å². The molecular formula is C16H34N2O2. The number of carbonyl (C=O) groups is 1. The molecule has 1 N–H and O–H groups in total. The first kappa shape index (κ1) is 19.4. The minimum absolute atomic E-state index is 0.147. The summed E-state index contributed by atoms with van der Waals surface area (Å²) in [5, 5.41) is 3.37. The zero-order chi connectivity index (χ0) is 15.8. The monoisotopic (exact) mass is 286 g/mol. The van der Waals surface area contributed by atoms with Crippen LogP contribution in [0.1, 0.15) is 60.8 Å². The van der Waals surface area contributed by atoms with Crippen LogP contribution in [0.2, 0.25) is 0 Å². The molecule has 0 aromatic heterocycles. The van der Waals surface area contributed by atoms with Crippen molar-refractivity contribution in [3.63, 3.8) is 0 Å². The molecule has 4 heteroatoms. The standard InChI is InChI=1S/C16H34N2O2/c1-8-14(9-2)18(7)12-11-16(6,17-13(4)5)15(19)20-10-3/h13-14,17H,8-12H2,1-7H3. The molecule has 1 unspecified atom stereocenters. The lowest BCUT2D eigenvalue weighted by Gasteiger charge is -2.34. The number of carbonyl (C=O) groups excluding carboxylic acids is 1. The topological polar surface area (TPSA) is 41.6 Å². The summed E-state index contributed by atoms with van der Waals surface area (Å²) >= 11 is 0. The van der Waals surface area contributed by atoms with Gasteiger partial charge in [-0.05, 0) is 54.0 Å². The lowest BCUT2D eigenvalue weighted by atomic mass is 9.95. The van der Waals surface area contributed by atoms with Crippen molar-refractivity contribution in [3.05, 3.63) is 0 Å². The fraction of sp³-hybridized carbons (Fsp3) is 0.938. The van der Waals surface area contributed by atoms with Gasteiger partial charge in [0.2, 0.25) is 0 Å². The Morgan fingerprint density at radius 1 is 1.25 bits per heavy atom. The molecule has 0 spiro atoms. The van der Waals surface area contributed by atoms with Crippen LogP contribution in [0.15, 0.2) is 0 Å². The highest BCUT2D eigenvalue weighted by Crippen LogP contribution is 2.16. The molecule has 0 radical (unpaired) electrons. The molecule has 0 amide bonds. The SMILES string of the molecule is CCOC(=O)C(C)(CCN(C)C(CC)CC)NC(C)C. The number of hydrogen-bond acceptors (Lipinski definition) is 4. The molecule has 0 rings (SSSR count). The van der Waals surface area contributed by atoms with E-state index in [0.717, 1.165) is 25.8 Å². The van der Waals surface area contributed by atoms with E-state index in [2.05, 4.69) is 45.0 Å². The van der Waals surface area contributed by atoms with Crippen molar-refractivity contribution in [2.24, 2.45) is 0 Å². The van der Waals surface area contributed by atoms with Crippen molar-refractivity contribution >= 4 is 5.97 Å². The van der Waals surface area contributed by atoms with E-state index < -0.39 is 5.54 Å². The van der Waals surface area contributed by atoms with E-state index >= 15 is 0 Å². The molecule has 0 saturated carbocycles. The molecule has 0 aromatic carbocycles. The summed E-state index contributed by atoms with van der Waals surface area (Å²) in [6.07, 6.45) is 3.04. The number of nitrogens with zero attached hydrogens (tertiary/aromatic N) is 1. The van der Waals surface area contributed by atoms with Gasteiger partial charge in [0, 0.05) is 18.6 Å². The molecule has 0 aliphatic carbocycles. The van der Waals surface area contributed by atoms with Gasteiger partial charge in [0.25, 0.3) is 0 Å². The third kappa shape index (κ3) is 6.23. The smallest absolute Gasteiger partial charge is 0.326 e. The molecule has 0 bridgehead atoms. The summed E-state index contributed by atoms with van der Waals surface area (Å²) in [4.78, 5) is 14.6. The number of esters is 1. The van der Waals surface area contributed by atoms with Gasteiger partial charge < -0.3 is 9.64 Å². The Bertz CT molecular complexity index is 278. The molecular weight excluding hydrogens is 252 g/mol. The van der Waals surface area contributed by atoms with E-state index in [-0.39, 0.29) is 12.0 Å². The van der Waals surface area contributed by atoms with Gasteiger partial charge in [-0.2, -0.15) is 0 Å². The third-order valence-electron chi connectivity index (χ3n) is 3.86. The number of hydrogen-bond donors (Lipinski definition) is 1. The van der Waals surface area contributed by atoms with E-state index in [1.807, 2.05) is 13.8 Å². The van der Waals surface area contributed by atoms with E-state index in [1.54, 1.807) is 0 Å². The molecule has 0 aliphatic heterocycles. The molecule has 0 saturated heterocycles. The maximum Gasteiger partial charge on any atom is 0.326 e. The summed E-state index contributed by atoms with van der Waals surface area (Å²) in [6, 6.07) is 0.836. The first-order valence-corrected chi connectivity index (χ1v) is 7.95. The van der Waals surface area contributed by atoms with Crippen molar-refractivity contribution in [2.75, 3.05) is 20.2 Å². The Hall–Kier alpha value is -0.610. The van der Waals surface area contributed by atoms with Crippen LogP contribution in [0.3, 0.4) is 0 Å². The minimum Gasteiger partial charge on any atom is -0.465 e. The van der Waals surface area contributed by atoms with Gasteiger partial charge in [0.05, 0.1) is 6.61 Å². The second-order valence-electron chi connectivity index (χ2n) is 6.05. The Morgan fingerprint density at radius 3 is 2.20 bits per heavy atom. The summed E-state index contributed by atoms with van der Waals surface area (Å²) < 4.78 is 5.23. The lowest BCUT2D eigenvalue weighted by Crippen LogP contribution is -2.54. The molecule has 1 atom stereocenters. The summed E-state index contributed by atoms with van der Waals surface area (Å²) in [7, 11) is 2.14. The van der Waals surface area contributed by atoms with Gasteiger partial charge in [-0.15, -0.1) is 0 Å². The molecule has 20 heavy (non-hydrogen) atoms. The van der Waals surface area contributed by atoms with Gasteiger partial charge in [0.1, 0.15) is 5.54 Å². The fourth-order valence-electron chi connectivity index (χ4n) is 2.66. The Morgan fingerprint density at radius 2 is 1.80 bits per heavy atom. The van der Waals surface area contributed by atoms with E-state index in [0.29, 0.717) is 12.6 Å². The zero-order valence-corrected chi connectivity index (χ0v) is 14.5. The first-order valence-electron chi connectivity index (χ1n) is 7.95. The van der Waals surface area contributed by atoms with Crippen molar-refractivity contribution in [2.45, 2.75) is 78.4 Å².